The fourth-order valence-electron chi connectivity index (χ4n) is 0.865. The number of hydrogen-bond donors (Lipinski definition) is 0. The predicted octanol–water partition coefficient (Wildman–Crippen LogP) is 2.63. The quantitative estimate of drug-likeness (QED) is 0.770. The summed E-state index contributed by atoms with van der Waals surface area (Å²) in [5.41, 5.74) is 0. The van der Waals surface area contributed by atoms with E-state index in [4.69, 9.17) is 28.5 Å². The van der Waals surface area contributed by atoms with Gasteiger partial charge in [-0.25, -0.2) is 8.42 Å². The van der Waals surface area contributed by atoms with Crippen molar-refractivity contribution in [3.8, 4) is 6.07 Å². The van der Waals surface area contributed by atoms with E-state index < -0.39 is 19.2 Å². The largest absolute Gasteiger partial charge is 0.219 e. The number of nitriles is 1. The van der Waals surface area contributed by atoms with Gasteiger partial charge in [-0.1, -0.05) is 41.4 Å². The van der Waals surface area contributed by atoms with E-state index in [2.05, 4.69) is 0 Å². The monoisotopic (exact) mass is 261 g/mol. The molecule has 0 fully saturated rings. The number of benzene rings is 1. The number of rotatable bonds is 2. The second kappa shape index (κ2) is 4.67. The summed E-state index contributed by atoms with van der Waals surface area (Å²) in [6, 6.07) is 9.00. The first-order valence-electron chi connectivity index (χ1n) is 3.75. The molecule has 1 aromatic rings. The van der Waals surface area contributed by atoms with Crippen LogP contribution in [0.2, 0.25) is 0 Å². The summed E-state index contributed by atoms with van der Waals surface area (Å²) in [4.78, 5) is 0.00315. The molecular weight excluding hydrogens is 257 g/mol. The van der Waals surface area contributed by atoms with Crippen LogP contribution in [-0.4, -0.2) is 8.42 Å². The Morgan fingerprint density at radius 3 is 2.20 bits per heavy atom. The third kappa shape index (κ3) is 2.51. The Morgan fingerprint density at radius 2 is 1.73 bits per heavy atom. The van der Waals surface area contributed by atoms with Gasteiger partial charge < -0.3 is 0 Å². The third-order valence-corrected chi connectivity index (χ3v) is 4.41. The molecule has 0 radical (unpaired) electrons. The first-order chi connectivity index (χ1) is 7.00. The van der Waals surface area contributed by atoms with E-state index in [0.717, 1.165) is 0 Å². The zero-order valence-corrected chi connectivity index (χ0v) is 9.64. The molecular formula is C9H5Cl2NO2S. The van der Waals surface area contributed by atoms with E-state index in [9.17, 15) is 8.42 Å². The lowest BCUT2D eigenvalue weighted by Crippen LogP contribution is -2.01. The molecule has 0 atom stereocenters. The summed E-state index contributed by atoms with van der Waals surface area (Å²) >= 11 is 10.9. The first-order valence-corrected chi connectivity index (χ1v) is 5.99. The normalized spacial score (nSPS) is 12.9. The van der Waals surface area contributed by atoms with Crippen LogP contribution in [-0.2, 0) is 9.84 Å². The number of allylic oxidation sites excluding steroid dienone is 1. The maximum absolute atomic E-state index is 11.7. The average molecular weight is 262 g/mol. The Kier molecular flexibility index (Phi) is 3.75. The number of sulfone groups is 1. The van der Waals surface area contributed by atoms with Crippen LogP contribution in [0.3, 0.4) is 0 Å². The highest BCUT2D eigenvalue weighted by Crippen LogP contribution is 2.26. The van der Waals surface area contributed by atoms with Crippen molar-refractivity contribution in [1.82, 2.24) is 0 Å². The second-order valence-electron chi connectivity index (χ2n) is 2.52. The van der Waals surface area contributed by atoms with Crippen LogP contribution >= 0.6 is 23.2 Å². The second-order valence-corrected chi connectivity index (χ2v) is 5.38. The number of hydrogen-bond acceptors (Lipinski definition) is 3. The zero-order chi connectivity index (χ0) is 11.5. The minimum Gasteiger partial charge on any atom is -0.218 e. The van der Waals surface area contributed by atoms with Crippen molar-refractivity contribution < 1.29 is 8.42 Å². The molecule has 0 saturated heterocycles. The van der Waals surface area contributed by atoms with Gasteiger partial charge in [-0.05, 0) is 12.1 Å². The van der Waals surface area contributed by atoms with Crippen molar-refractivity contribution in [3.05, 3.63) is 39.7 Å². The molecule has 0 aliphatic heterocycles. The lowest BCUT2D eigenvalue weighted by Gasteiger charge is -2.01. The Balaban J connectivity index is 3.36. The van der Waals surface area contributed by atoms with Gasteiger partial charge in [0.05, 0.1) is 4.90 Å². The summed E-state index contributed by atoms with van der Waals surface area (Å²) in [5, 5.41) is 7.89. The predicted molar refractivity (Wildman–Crippen MR) is 58.0 cm³/mol. The molecule has 0 heterocycles. The molecule has 0 bridgehead atoms. The van der Waals surface area contributed by atoms with Crippen molar-refractivity contribution in [2.45, 2.75) is 4.90 Å². The van der Waals surface area contributed by atoms with E-state index >= 15 is 0 Å². The smallest absolute Gasteiger partial charge is 0.218 e. The van der Waals surface area contributed by atoms with Crippen molar-refractivity contribution in [2.75, 3.05) is 0 Å². The molecule has 1 aromatic carbocycles. The van der Waals surface area contributed by atoms with Gasteiger partial charge in [0.15, 0.2) is 4.36 Å². The SMILES string of the molecule is N#CC(Cl)=C(Cl)S(=O)(=O)c1ccccc1. The number of nitrogens with zero attached hydrogens (tertiary/aromatic N) is 1. The molecule has 0 saturated carbocycles. The highest BCUT2D eigenvalue weighted by molar-refractivity contribution is 7.97. The fraction of sp³-hybridized carbons (Fsp3) is 0. The summed E-state index contributed by atoms with van der Waals surface area (Å²) in [7, 11) is -3.86. The van der Waals surface area contributed by atoms with Gasteiger partial charge >= 0.3 is 0 Å². The van der Waals surface area contributed by atoms with Gasteiger partial charge in [-0.2, -0.15) is 5.26 Å². The van der Waals surface area contributed by atoms with Crippen molar-refractivity contribution >= 4 is 33.0 Å². The van der Waals surface area contributed by atoms with Gasteiger partial charge in [-0.3, -0.25) is 0 Å². The lowest BCUT2D eigenvalue weighted by molar-refractivity contribution is 0.604. The topological polar surface area (TPSA) is 57.9 Å². The zero-order valence-electron chi connectivity index (χ0n) is 7.31. The highest BCUT2D eigenvalue weighted by atomic mass is 35.5. The van der Waals surface area contributed by atoms with Crippen LogP contribution in [0.25, 0.3) is 0 Å². The molecule has 0 aliphatic carbocycles. The van der Waals surface area contributed by atoms with Gasteiger partial charge in [0, 0.05) is 0 Å². The summed E-state index contributed by atoms with van der Waals surface area (Å²) in [5.74, 6) is 0. The van der Waals surface area contributed by atoms with Crippen LogP contribution < -0.4 is 0 Å². The summed E-state index contributed by atoms with van der Waals surface area (Å²) < 4.78 is 22.8. The van der Waals surface area contributed by atoms with Crippen molar-refractivity contribution in [1.29, 1.82) is 5.26 Å². The molecule has 0 aliphatic rings. The molecule has 0 amide bonds. The van der Waals surface area contributed by atoms with E-state index in [1.807, 2.05) is 0 Å². The Bertz CT molecular complexity index is 529. The van der Waals surface area contributed by atoms with E-state index in [1.54, 1.807) is 18.2 Å². The number of halogens is 2. The molecule has 0 N–H and O–H groups in total. The highest BCUT2D eigenvalue weighted by Gasteiger charge is 2.21. The maximum Gasteiger partial charge on any atom is 0.219 e. The van der Waals surface area contributed by atoms with Crippen LogP contribution in [0.1, 0.15) is 0 Å². The third-order valence-electron chi connectivity index (χ3n) is 1.56. The van der Waals surface area contributed by atoms with Gasteiger partial charge in [0.25, 0.3) is 0 Å². The Labute approximate surface area is 97.5 Å². The van der Waals surface area contributed by atoms with Gasteiger partial charge in [0.1, 0.15) is 11.1 Å². The Morgan fingerprint density at radius 1 is 1.20 bits per heavy atom. The minimum atomic E-state index is -3.86. The standard InChI is InChI=1S/C9H5Cl2NO2S/c10-8(6-12)9(11)15(13,14)7-4-2-1-3-5-7/h1-5H. The van der Waals surface area contributed by atoms with Gasteiger partial charge in [-0.15, -0.1) is 0 Å². The van der Waals surface area contributed by atoms with Crippen LogP contribution in [0.5, 0.6) is 0 Å². The first kappa shape index (κ1) is 12.1. The maximum atomic E-state index is 11.7. The molecule has 0 aromatic heterocycles. The average Bonchev–Trinajstić information content (AvgIpc) is 2.28. The molecule has 6 heteroatoms. The van der Waals surface area contributed by atoms with E-state index in [1.165, 1.54) is 18.2 Å². The Hall–Kier alpha value is -1.02. The molecule has 0 unspecified atom stereocenters. The molecule has 1 rings (SSSR count). The minimum absolute atomic E-state index is 0.00315. The summed E-state index contributed by atoms with van der Waals surface area (Å²) in [6.45, 7) is 0. The van der Waals surface area contributed by atoms with E-state index in [0.29, 0.717) is 0 Å². The molecule has 3 nitrogen and oxygen atoms in total. The van der Waals surface area contributed by atoms with Crippen LogP contribution in [0.15, 0.2) is 44.6 Å². The fourth-order valence-corrected chi connectivity index (χ4v) is 2.48. The van der Waals surface area contributed by atoms with Gasteiger partial charge in [0.2, 0.25) is 9.84 Å². The summed E-state index contributed by atoms with van der Waals surface area (Å²) in [6.07, 6.45) is 0. The van der Waals surface area contributed by atoms with Crippen LogP contribution in [0.4, 0.5) is 0 Å². The van der Waals surface area contributed by atoms with Crippen molar-refractivity contribution in [2.24, 2.45) is 0 Å². The van der Waals surface area contributed by atoms with E-state index in [-0.39, 0.29) is 4.90 Å². The molecule has 78 valence electrons. The van der Waals surface area contributed by atoms with Crippen molar-refractivity contribution in [3.63, 3.8) is 0 Å². The molecule has 15 heavy (non-hydrogen) atoms. The molecule has 0 spiro atoms. The van der Waals surface area contributed by atoms with Crippen LogP contribution in [0, 0.1) is 11.3 Å². The lowest BCUT2D eigenvalue weighted by atomic mass is 10.4.